The zero-order chi connectivity index (χ0) is 19.7. The van der Waals surface area contributed by atoms with Gasteiger partial charge in [-0.05, 0) is 80.0 Å². The molecule has 0 aromatic rings. The molecule has 3 aliphatic carbocycles. The molecule has 0 aromatic heterocycles. The van der Waals surface area contributed by atoms with Gasteiger partial charge in [0.15, 0.2) is 0 Å². The lowest BCUT2D eigenvalue weighted by Crippen LogP contribution is -2.45. The second-order valence-corrected chi connectivity index (χ2v) is 11.1. The van der Waals surface area contributed by atoms with Gasteiger partial charge in [0, 0.05) is 0 Å². The van der Waals surface area contributed by atoms with Crippen molar-refractivity contribution in [1.82, 2.24) is 0 Å². The summed E-state index contributed by atoms with van der Waals surface area (Å²) in [5.74, 6) is 3.53. The average molecular weight is 371 g/mol. The van der Waals surface area contributed by atoms with E-state index in [4.69, 9.17) is 0 Å². The van der Waals surface area contributed by atoms with Crippen LogP contribution < -0.4 is 0 Å². The van der Waals surface area contributed by atoms with Crippen molar-refractivity contribution in [2.75, 3.05) is 0 Å². The first-order valence-corrected chi connectivity index (χ1v) is 12.2. The molecule has 0 radical (unpaired) electrons. The van der Waals surface area contributed by atoms with Crippen LogP contribution in [0.3, 0.4) is 0 Å². The highest BCUT2D eigenvalue weighted by atomic mass is 14.6. The molecular weight excluding hydrogens is 324 g/mol. The van der Waals surface area contributed by atoms with Gasteiger partial charge in [-0.25, -0.2) is 0 Å². The molecule has 0 amide bonds. The van der Waals surface area contributed by atoms with Crippen molar-refractivity contribution in [1.29, 1.82) is 0 Å². The molecule has 3 rings (SSSR count). The molecule has 0 aromatic carbocycles. The minimum absolute atomic E-state index is 0.455. The van der Waals surface area contributed by atoms with Crippen molar-refractivity contribution < 1.29 is 0 Å². The standard InChI is InChI=1S/C27H46/c1-7-8-18-26(5)21(4)13-15-23-24-16-14-22(12-10-9-11-20(2)3)27(24,6)19-17-25(23)26/h13,16,20,22-23,25H,7-12,14-15,17-19H2,1-6H3/t22-,23?,25?,26-,27+/m0/s1. The summed E-state index contributed by atoms with van der Waals surface area (Å²) >= 11 is 0. The maximum Gasteiger partial charge on any atom is -0.00821 e. The minimum atomic E-state index is 0.455. The van der Waals surface area contributed by atoms with Gasteiger partial charge in [0.2, 0.25) is 0 Å². The molecule has 0 heterocycles. The number of fused-ring (bicyclic) bond motifs is 3. The molecule has 0 aliphatic heterocycles. The van der Waals surface area contributed by atoms with Crippen molar-refractivity contribution in [3.8, 4) is 0 Å². The molecule has 0 bridgehead atoms. The van der Waals surface area contributed by atoms with Crippen molar-refractivity contribution in [3.05, 3.63) is 23.3 Å². The van der Waals surface area contributed by atoms with Gasteiger partial charge < -0.3 is 0 Å². The molecule has 154 valence electrons. The molecular formula is C27H46. The molecule has 0 N–H and O–H groups in total. The minimum Gasteiger partial charge on any atom is -0.0844 e. The van der Waals surface area contributed by atoms with E-state index in [9.17, 15) is 0 Å². The number of unbranched alkanes of at least 4 members (excludes halogenated alkanes) is 2. The van der Waals surface area contributed by atoms with Crippen LogP contribution in [-0.2, 0) is 0 Å². The van der Waals surface area contributed by atoms with Gasteiger partial charge in [0.05, 0.1) is 0 Å². The largest absolute Gasteiger partial charge is 0.0844 e. The Balaban J connectivity index is 1.70. The SMILES string of the molecule is CCCC[C@@]1(C)C(C)=CCC2C3=CC[C@H](CCCCC(C)C)[C@@]3(C)CCC21. The van der Waals surface area contributed by atoms with Crippen LogP contribution >= 0.6 is 0 Å². The Morgan fingerprint density at radius 2 is 1.85 bits per heavy atom. The van der Waals surface area contributed by atoms with Crippen molar-refractivity contribution in [2.24, 2.45) is 34.5 Å². The number of allylic oxidation sites excluding steroid dienone is 4. The van der Waals surface area contributed by atoms with E-state index in [1.165, 1.54) is 70.6 Å². The zero-order valence-electron chi connectivity index (χ0n) is 19.2. The summed E-state index contributed by atoms with van der Waals surface area (Å²) in [4.78, 5) is 0. The van der Waals surface area contributed by atoms with Gasteiger partial charge in [0.1, 0.15) is 0 Å². The average Bonchev–Trinajstić information content (AvgIpc) is 2.96. The Bertz CT molecular complexity index is 565. The van der Waals surface area contributed by atoms with Crippen LogP contribution in [0.15, 0.2) is 23.3 Å². The van der Waals surface area contributed by atoms with E-state index in [2.05, 4.69) is 53.7 Å². The maximum absolute atomic E-state index is 2.72. The van der Waals surface area contributed by atoms with Gasteiger partial charge in [0.25, 0.3) is 0 Å². The predicted octanol–water partition coefficient (Wildman–Crippen LogP) is 8.73. The van der Waals surface area contributed by atoms with Crippen LogP contribution in [0.4, 0.5) is 0 Å². The molecule has 1 saturated carbocycles. The predicted molar refractivity (Wildman–Crippen MR) is 120 cm³/mol. The first kappa shape index (κ1) is 21.2. The molecule has 0 heteroatoms. The van der Waals surface area contributed by atoms with Gasteiger partial charge in [-0.1, -0.05) is 90.0 Å². The first-order valence-electron chi connectivity index (χ1n) is 12.2. The molecule has 1 fully saturated rings. The molecule has 3 aliphatic rings. The fourth-order valence-corrected chi connectivity index (χ4v) is 6.98. The Morgan fingerprint density at radius 1 is 1.07 bits per heavy atom. The van der Waals surface area contributed by atoms with Crippen LogP contribution in [0.2, 0.25) is 0 Å². The summed E-state index contributed by atoms with van der Waals surface area (Å²) in [6.07, 6.45) is 20.8. The van der Waals surface area contributed by atoms with Gasteiger partial charge >= 0.3 is 0 Å². The molecule has 0 nitrogen and oxygen atoms in total. The van der Waals surface area contributed by atoms with Crippen LogP contribution in [-0.4, -0.2) is 0 Å². The zero-order valence-corrected chi connectivity index (χ0v) is 19.2. The Hall–Kier alpha value is -0.520. The van der Waals surface area contributed by atoms with Gasteiger partial charge in [-0.2, -0.15) is 0 Å². The second kappa shape index (κ2) is 8.46. The van der Waals surface area contributed by atoms with Crippen LogP contribution in [0.5, 0.6) is 0 Å². The van der Waals surface area contributed by atoms with Crippen molar-refractivity contribution in [3.63, 3.8) is 0 Å². The quantitative estimate of drug-likeness (QED) is 0.296. The Kier molecular flexibility index (Phi) is 6.64. The van der Waals surface area contributed by atoms with E-state index >= 15 is 0 Å². The number of hydrogen-bond donors (Lipinski definition) is 0. The molecule has 5 atom stereocenters. The summed E-state index contributed by atoms with van der Waals surface area (Å²) < 4.78 is 0. The van der Waals surface area contributed by atoms with Crippen LogP contribution in [0.25, 0.3) is 0 Å². The summed E-state index contributed by atoms with van der Waals surface area (Å²) in [6, 6.07) is 0. The third kappa shape index (κ3) is 3.97. The number of hydrogen-bond acceptors (Lipinski definition) is 0. The maximum atomic E-state index is 2.72. The third-order valence-corrected chi connectivity index (χ3v) is 9.07. The smallest absolute Gasteiger partial charge is 0.00821 e. The lowest BCUT2D eigenvalue weighted by Gasteiger charge is -2.54. The highest BCUT2D eigenvalue weighted by molar-refractivity contribution is 5.33. The van der Waals surface area contributed by atoms with E-state index in [0.717, 1.165) is 23.7 Å². The van der Waals surface area contributed by atoms with E-state index in [1.807, 2.05) is 5.57 Å². The summed E-state index contributed by atoms with van der Waals surface area (Å²) in [5.41, 5.74) is 4.56. The summed E-state index contributed by atoms with van der Waals surface area (Å²) in [6.45, 7) is 14.8. The van der Waals surface area contributed by atoms with E-state index in [0.29, 0.717) is 10.8 Å². The van der Waals surface area contributed by atoms with Crippen molar-refractivity contribution in [2.45, 2.75) is 112 Å². The lowest BCUT2D eigenvalue weighted by atomic mass is 9.50. The van der Waals surface area contributed by atoms with E-state index in [-0.39, 0.29) is 0 Å². The van der Waals surface area contributed by atoms with Crippen LogP contribution in [0.1, 0.15) is 112 Å². The Morgan fingerprint density at radius 3 is 2.56 bits per heavy atom. The Labute approximate surface area is 170 Å². The summed E-state index contributed by atoms with van der Waals surface area (Å²) in [5, 5.41) is 0. The monoisotopic (exact) mass is 370 g/mol. The van der Waals surface area contributed by atoms with E-state index < -0.39 is 0 Å². The molecule has 2 unspecified atom stereocenters. The molecule has 0 spiro atoms. The fourth-order valence-electron chi connectivity index (χ4n) is 6.98. The van der Waals surface area contributed by atoms with Crippen LogP contribution in [0, 0.1) is 34.5 Å². The van der Waals surface area contributed by atoms with Gasteiger partial charge in [-0.15, -0.1) is 0 Å². The van der Waals surface area contributed by atoms with E-state index in [1.54, 1.807) is 5.57 Å². The highest BCUT2D eigenvalue weighted by Gasteiger charge is 2.53. The summed E-state index contributed by atoms with van der Waals surface area (Å²) in [7, 11) is 0. The lowest BCUT2D eigenvalue weighted by molar-refractivity contribution is 0.0563. The molecule has 0 saturated heterocycles. The first-order chi connectivity index (χ1) is 12.8. The molecule has 27 heavy (non-hydrogen) atoms. The topological polar surface area (TPSA) is 0 Å². The third-order valence-electron chi connectivity index (χ3n) is 9.07. The highest BCUT2D eigenvalue weighted by Crippen LogP contribution is 2.63. The van der Waals surface area contributed by atoms with Crippen molar-refractivity contribution >= 4 is 0 Å². The van der Waals surface area contributed by atoms with Gasteiger partial charge in [-0.3, -0.25) is 0 Å². The second-order valence-electron chi connectivity index (χ2n) is 11.1. The normalized spacial score (nSPS) is 38.4. The number of rotatable bonds is 8. The fraction of sp³-hybridized carbons (Fsp3) is 0.852.